The molecule has 0 fully saturated rings. The summed E-state index contributed by atoms with van der Waals surface area (Å²) in [4.78, 5) is 14.4. The number of nitriles is 1. The second-order valence-electron chi connectivity index (χ2n) is 6.09. The zero-order valence-corrected chi connectivity index (χ0v) is 17.2. The molecule has 1 aliphatic heterocycles. The third kappa shape index (κ3) is 5.21. The van der Waals surface area contributed by atoms with Crippen molar-refractivity contribution in [3.63, 3.8) is 0 Å². The van der Waals surface area contributed by atoms with Gasteiger partial charge >= 0.3 is 5.97 Å². The maximum absolute atomic E-state index is 12.5. The van der Waals surface area contributed by atoms with Crippen LogP contribution in [-0.2, 0) is 14.3 Å². The topological polar surface area (TPSA) is 83.8 Å². The maximum atomic E-state index is 12.5. The highest BCUT2D eigenvalue weighted by Gasteiger charge is 2.34. The molecule has 0 radical (unpaired) electrons. The summed E-state index contributed by atoms with van der Waals surface area (Å²) >= 11 is 5.55. The van der Waals surface area contributed by atoms with Crippen molar-refractivity contribution in [2.45, 2.75) is 26.3 Å². The van der Waals surface area contributed by atoms with Crippen LogP contribution in [0.3, 0.4) is 0 Å². The van der Waals surface area contributed by atoms with Crippen molar-refractivity contribution >= 4 is 23.3 Å². The Bertz CT molecular complexity index is 771. The molecule has 150 valence electrons. The van der Waals surface area contributed by atoms with E-state index in [0.717, 1.165) is 17.7 Å². The fourth-order valence-electron chi connectivity index (χ4n) is 3.02. The number of methoxy groups -OCH3 is 1. The van der Waals surface area contributed by atoms with Gasteiger partial charge in [-0.05, 0) is 50.2 Å². The molecule has 1 heterocycles. The minimum atomic E-state index is -0.423. The van der Waals surface area contributed by atoms with Gasteiger partial charge in [0.15, 0.2) is 11.7 Å². The molecule has 0 bridgehead atoms. The standard InChI is InChI=1S/C20H25N3O4S/c1-4-26-12-5-11-23-14(2)17(19(24)25-3)18(22-20(23)28)15-6-8-16(9-7-15)27-13-10-21/h6-9,18H,4-5,11-13H2,1-3H3,(H,22,28)/t18-/m0/s1. The van der Waals surface area contributed by atoms with Crippen LogP contribution in [0.2, 0.25) is 0 Å². The summed E-state index contributed by atoms with van der Waals surface area (Å²) in [5.74, 6) is 0.179. The molecule has 8 heteroatoms. The van der Waals surface area contributed by atoms with E-state index < -0.39 is 12.0 Å². The number of allylic oxidation sites excluding steroid dienone is 1. The number of carbonyl (C=O) groups is 1. The molecular formula is C20H25N3O4S. The summed E-state index contributed by atoms with van der Waals surface area (Å²) in [7, 11) is 1.37. The molecule has 0 saturated carbocycles. The molecule has 0 unspecified atom stereocenters. The first kappa shape index (κ1) is 21.7. The molecule has 1 aromatic rings. The van der Waals surface area contributed by atoms with E-state index in [1.165, 1.54) is 7.11 Å². The van der Waals surface area contributed by atoms with E-state index in [-0.39, 0.29) is 6.61 Å². The lowest BCUT2D eigenvalue weighted by Gasteiger charge is -2.37. The van der Waals surface area contributed by atoms with E-state index in [4.69, 9.17) is 31.7 Å². The van der Waals surface area contributed by atoms with Gasteiger partial charge in [-0.2, -0.15) is 5.26 Å². The first-order valence-electron chi connectivity index (χ1n) is 9.08. The van der Waals surface area contributed by atoms with Crippen molar-refractivity contribution in [1.82, 2.24) is 10.2 Å². The van der Waals surface area contributed by atoms with Gasteiger partial charge in [-0.25, -0.2) is 4.79 Å². The zero-order chi connectivity index (χ0) is 20.5. The van der Waals surface area contributed by atoms with Crippen LogP contribution in [0.15, 0.2) is 35.5 Å². The maximum Gasteiger partial charge on any atom is 0.337 e. The monoisotopic (exact) mass is 403 g/mol. The lowest BCUT2D eigenvalue weighted by molar-refractivity contribution is -0.136. The van der Waals surface area contributed by atoms with Gasteiger partial charge < -0.3 is 24.4 Å². The molecule has 1 N–H and O–H groups in total. The number of carbonyl (C=O) groups excluding carboxylic acids is 1. The summed E-state index contributed by atoms with van der Waals surface area (Å²) in [6, 6.07) is 8.71. The highest BCUT2D eigenvalue weighted by Crippen LogP contribution is 2.32. The normalized spacial score (nSPS) is 16.4. The van der Waals surface area contributed by atoms with E-state index in [1.807, 2.05) is 36.9 Å². The number of nitrogens with one attached hydrogen (secondary N) is 1. The summed E-state index contributed by atoms with van der Waals surface area (Å²) in [6.07, 6.45) is 0.789. The fourth-order valence-corrected chi connectivity index (χ4v) is 3.36. The van der Waals surface area contributed by atoms with Gasteiger partial charge in [-0.3, -0.25) is 0 Å². The molecule has 1 aliphatic rings. The minimum Gasteiger partial charge on any atom is -0.479 e. The number of rotatable bonds is 9. The van der Waals surface area contributed by atoms with Crippen molar-refractivity contribution < 1.29 is 19.0 Å². The first-order chi connectivity index (χ1) is 13.5. The third-order valence-electron chi connectivity index (χ3n) is 4.39. The van der Waals surface area contributed by atoms with Crippen LogP contribution in [0.5, 0.6) is 5.75 Å². The summed E-state index contributed by atoms with van der Waals surface area (Å²) in [6.45, 7) is 5.75. The Morgan fingerprint density at radius 2 is 2.07 bits per heavy atom. The van der Waals surface area contributed by atoms with Crippen LogP contribution >= 0.6 is 12.2 Å². The number of thiocarbonyl (C=S) groups is 1. The number of nitrogens with zero attached hydrogens (tertiary/aromatic N) is 2. The van der Waals surface area contributed by atoms with E-state index in [0.29, 0.717) is 36.2 Å². The third-order valence-corrected chi connectivity index (χ3v) is 4.73. The van der Waals surface area contributed by atoms with Crippen LogP contribution in [-0.4, -0.2) is 49.5 Å². The molecule has 28 heavy (non-hydrogen) atoms. The van der Waals surface area contributed by atoms with Crippen molar-refractivity contribution in [3.8, 4) is 11.8 Å². The van der Waals surface area contributed by atoms with Crippen LogP contribution in [0, 0.1) is 11.3 Å². The Morgan fingerprint density at radius 3 is 2.68 bits per heavy atom. The Labute approximate surface area is 170 Å². The lowest BCUT2D eigenvalue weighted by Crippen LogP contribution is -2.48. The Hall–Kier alpha value is -2.63. The van der Waals surface area contributed by atoms with Crippen molar-refractivity contribution in [2.75, 3.05) is 33.5 Å². The van der Waals surface area contributed by atoms with Crippen LogP contribution in [0.4, 0.5) is 0 Å². The lowest BCUT2D eigenvalue weighted by atomic mass is 9.95. The van der Waals surface area contributed by atoms with Crippen LogP contribution in [0.25, 0.3) is 0 Å². The van der Waals surface area contributed by atoms with Crippen molar-refractivity contribution in [2.24, 2.45) is 0 Å². The molecular weight excluding hydrogens is 378 g/mol. The van der Waals surface area contributed by atoms with Gasteiger partial charge in [0, 0.05) is 25.5 Å². The second-order valence-corrected chi connectivity index (χ2v) is 6.48. The Balaban J connectivity index is 2.28. The summed E-state index contributed by atoms with van der Waals surface area (Å²) in [5, 5.41) is 12.4. The van der Waals surface area contributed by atoms with Crippen LogP contribution < -0.4 is 10.1 Å². The Morgan fingerprint density at radius 1 is 1.36 bits per heavy atom. The second kappa shape index (κ2) is 10.6. The highest BCUT2D eigenvalue weighted by atomic mass is 32.1. The molecule has 0 aliphatic carbocycles. The molecule has 0 spiro atoms. The fraction of sp³-hybridized carbons (Fsp3) is 0.450. The predicted molar refractivity (Wildman–Crippen MR) is 109 cm³/mol. The summed E-state index contributed by atoms with van der Waals surface area (Å²) < 4.78 is 15.7. The van der Waals surface area contributed by atoms with Gasteiger partial charge in [0.1, 0.15) is 11.8 Å². The van der Waals surface area contributed by atoms with Crippen LogP contribution in [0.1, 0.15) is 31.9 Å². The number of hydrogen-bond donors (Lipinski definition) is 1. The van der Waals surface area contributed by atoms with E-state index in [2.05, 4.69) is 5.32 Å². The van der Waals surface area contributed by atoms with Gasteiger partial charge in [-0.15, -0.1) is 0 Å². The van der Waals surface area contributed by atoms with E-state index in [1.54, 1.807) is 12.1 Å². The quantitative estimate of drug-likeness (QED) is 0.383. The largest absolute Gasteiger partial charge is 0.479 e. The minimum absolute atomic E-state index is 0.0196. The van der Waals surface area contributed by atoms with Gasteiger partial charge in [0.05, 0.1) is 18.7 Å². The molecule has 7 nitrogen and oxygen atoms in total. The first-order valence-corrected chi connectivity index (χ1v) is 9.48. The SMILES string of the molecule is CCOCCCN1C(=S)N[C@@H](c2ccc(OCC#N)cc2)C(C(=O)OC)=C1C. The number of benzene rings is 1. The summed E-state index contributed by atoms with van der Waals surface area (Å²) in [5.41, 5.74) is 2.13. The van der Waals surface area contributed by atoms with Gasteiger partial charge in [-0.1, -0.05) is 12.1 Å². The predicted octanol–water partition coefficient (Wildman–Crippen LogP) is 2.69. The van der Waals surface area contributed by atoms with Crippen molar-refractivity contribution in [1.29, 1.82) is 5.26 Å². The smallest absolute Gasteiger partial charge is 0.337 e. The molecule has 0 saturated heterocycles. The average molecular weight is 404 g/mol. The molecule has 0 amide bonds. The number of esters is 1. The molecule has 0 aromatic heterocycles. The molecule has 1 atom stereocenters. The molecule has 1 aromatic carbocycles. The van der Waals surface area contributed by atoms with E-state index in [9.17, 15) is 4.79 Å². The van der Waals surface area contributed by atoms with Gasteiger partial charge in [0.25, 0.3) is 0 Å². The molecule has 2 rings (SSSR count). The highest BCUT2D eigenvalue weighted by molar-refractivity contribution is 7.80. The average Bonchev–Trinajstić information content (AvgIpc) is 2.71. The zero-order valence-electron chi connectivity index (χ0n) is 16.4. The van der Waals surface area contributed by atoms with Gasteiger partial charge in [0.2, 0.25) is 0 Å². The Kier molecular flexibility index (Phi) is 8.23. The number of ether oxygens (including phenoxy) is 3. The number of hydrogen-bond acceptors (Lipinski definition) is 6. The van der Waals surface area contributed by atoms with E-state index >= 15 is 0 Å². The van der Waals surface area contributed by atoms with Crippen molar-refractivity contribution in [3.05, 3.63) is 41.1 Å².